The van der Waals surface area contributed by atoms with Crippen LogP contribution >= 0.6 is 31.9 Å². The van der Waals surface area contributed by atoms with Gasteiger partial charge in [0.2, 0.25) is 0 Å². The number of carbonyl (C=O) groups excluding carboxylic acids is 1. The van der Waals surface area contributed by atoms with Crippen molar-refractivity contribution in [1.29, 1.82) is 0 Å². The van der Waals surface area contributed by atoms with Crippen LogP contribution in [0.15, 0.2) is 86.8 Å². The molecule has 0 fully saturated rings. The number of aliphatic hydroxyl groups excluding tert-OH is 1. The van der Waals surface area contributed by atoms with Crippen LogP contribution in [0.3, 0.4) is 0 Å². The minimum absolute atomic E-state index is 0.451. The third-order valence-electron chi connectivity index (χ3n) is 4.02. The first-order valence-corrected chi connectivity index (χ1v) is 10.3. The summed E-state index contributed by atoms with van der Waals surface area (Å²) in [5, 5.41) is 13.9. The van der Waals surface area contributed by atoms with Gasteiger partial charge in [0, 0.05) is 4.47 Å². The number of carbonyl (C=O) groups is 1. The fourth-order valence-electron chi connectivity index (χ4n) is 2.47. The lowest BCUT2D eigenvalue weighted by atomic mass is 10.1. The van der Waals surface area contributed by atoms with Gasteiger partial charge in [-0.3, -0.25) is 4.79 Å². The molecule has 0 aliphatic heterocycles. The van der Waals surface area contributed by atoms with Gasteiger partial charge in [-0.1, -0.05) is 58.4 Å². The molecule has 3 aromatic rings. The Hall–Kier alpha value is -2.48. The molecule has 5 nitrogen and oxygen atoms in total. The van der Waals surface area contributed by atoms with E-state index in [1.165, 1.54) is 6.21 Å². The summed E-state index contributed by atoms with van der Waals surface area (Å²) in [6.45, 7) is 0.451. The fraction of sp³-hybridized carbons (Fsp3) is 0.0909. The summed E-state index contributed by atoms with van der Waals surface area (Å²) in [6.07, 6.45) is 0.230. The second-order valence-corrected chi connectivity index (χ2v) is 7.92. The zero-order chi connectivity index (χ0) is 20.6. The summed E-state index contributed by atoms with van der Waals surface area (Å²) in [6, 6.07) is 22.1. The van der Waals surface area contributed by atoms with Crippen molar-refractivity contribution in [3.05, 3.63) is 98.4 Å². The maximum absolute atomic E-state index is 12.0. The molecule has 3 rings (SSSR count). The molecule has 148 valence electrons. The molecule has 29 heavy (non-hydrogen) atoms. The van der Waals surface area contributed by atoms with Crippen LogP contribution in [0.1, 0.15) is 22.8 Å². The highest BCUT2D eigenvalue weighted by atomic mass is 79.9. The maximum Gasteiger partial charge on any atom is 0.273 e. The number of aliphatic hydroxyl groups is 1. The Morgan fingerprint density at radius 1 is 1.07 bits per heavy atom. The zero-order valence-corrected chi connectivity index (χ0v) is 18.4. The molecule has 1 atom stereocenters. The first-order chi connectivity index (χ1) is 14.0. The smallest absolute Gasteiger partial charge is 0.273 e. The van der Waals surface area contributed by atoms with E-state index < -0.39 is 12.0 Å². The Bertz CT molecular complexity index is 993. The van der Waals surface area contributed by atoms with E-state index in [0.29, 0.717) is 17.9 Å². The van der Waals surface area contributed by atoms with E-state index in [1.54, 1.807) is 24.3 Å². The van der Waals surface area contributed by atoms with Crippen molar-refractivity contribution in [2.45, 2.75) is 12.7 Å². The summed E-state index contributed by atoms with van der Waals surface area (Å²) in [7, 11) is 0. The van der Waals surface area contributed by atoms with Gasteiger partial charge in [-0.25, -0.2) is 5.43 Å². The number of ether oxygens (including phenoxy) is 1. The quantitative estimate of drug-likeness (QED) is 0.343. The number of rotatable bonds is 7. The molecule has 0 unspecified atom stereocenters. The standard InChI is InChI=1S/C22H18Br2N2O3/c23-18-9-6-15(7-10-18)14-29-20-11-8-16(12-19(20)24)13-25-26-22(28)21(27)17-4-2-1-3-5-17/h1-13,21,27H,14H2,(H,26,28)/b25-13-/t21-/m1/s1. The van der Waals surface area contributed by atoms with Crippen molar-refractivity contribution in [2.24, 2.45) is 5.10 Å². The van der Waals surface area contributed by atoms with Crippen LogP contribution in [-0.2, 0) is 11.4 Å². The summed E-state index contributed by atoms with van der Waals surface area (Å²) in [5.74, 6) is 0.106. The van der Waals surface area contributed by atoms with E-state index in [9.17, 15) is 9.90 Å². The average molecular weight is 518 g/mol. The third-order valence-corrected chi connectivity index (χ3v) is 5.16. The number of halogens is 2. The van der Waals surface area contributed by atoms with Gasteiger partial charge in [-0.15, -0.1) is 0 Å². The Morgan fingerprint density at radius 2 is 1.79 bits per heavy atom. The van der Waals surface area contributed by atoms with Gasteiger partial charge in [-0.05, 0) is 63.0 Å². The van der Waals surface area contributed by atoms with Crippen LogP contribution in [-0.4, -0.2) is 17.2 Å². The van der Waals surface area contributed by atoms with Crippen molar-refractivity contribution in [1.82, 2.24) is 5.43 Å². The monoisotopic (exact) mass is 516 g/mol. The molecule has 0 radical (unpaired) electrons. The van der Waals surface area contributed by atoms with Gasteiger partial charge in [0.05, 0.1) is 10.7 Å². The molecule has 7 heteroatoms. The van der Waals surface area contributed by atoms with Crippen LogP contribution in [0.25, 0.3) is 0 Å². The second-order valence-electron chi connectivity index (χ2n) is 6.15. The van der Waals surface area contributed by atoms with Gasteiger partial charge in [0.1, 0.15) is 12.4 Å². The minimum Gasteiger partial charge on any atom is -0.488 e. The molecule has 0 aromatic heterocycles. The second kappa shape index (κ2) is 10.3. The molecule has 0 bridgehead atoms. The molecule has 0 saturated carbocycles. The first-order valence-electron chi connectivity index (χ1n) is 8.75. The van der Waals surface area contributed by atoms with Crippen molar-refractivity contribution < 1.29 is 14.6 Å². The lowest BCUT2D eigenvalue weighted by Crippen LogP contribution is -2.25. The van der Waals surface area contributed by atoms with Crippen molar-refractivity contribution >= 4 is 44.0 Å². The van der Waals surface area contributed by atoms with Crippen molar-refractivity contribution in [3.63, 3.8) is 0 Å². The predicted molar refractivity (Wildman–Crippen MR) is 120 cm³/mol. The van der Waals surface area contributed by atoms with Crippen LogP contribution in [0.2, 0.25) is 0 Å². The Kier molecular flexibility index (Phi) is 7.57. The maximum atomic E-state index is 12.0. The van der Waals surface area contributed by atoms with Crippen molar-refractivity contribution in [3.8, 4) is 5.75 Å². The van der Waals surface area contributed by atoms with Gasteiger partial charge in [0.25, 0.3) is 5.91 Å². The largest absolute Gasteiger partial charge is 0.488 e. The van der Waals surface area contributed by atoms with Crippen LogP contribution in [0.4, 0.5) is 0 Å². The SMILES string of the molecule is O=C(N/N=C\c1ccc(OCc2ccc(Br)cc2)c(Br)c1)[C@H](O)c1ccccc1. The number of nitrogens with one attached hydrogen (secondary N) is 1. The predicted octanol–water partition coefficient (Wildman–Crippen LogP) is 4.97. The summed E-state index contributed by atoms with van der Waals surface area (Å²) < 4.78 is 7.63. The first kappa shape index (κ1) is 21.2. The number of hydrazone groups is 1. The Balaban J connectivity index is 1.55. The van der Waals surface area contributed by atoms with Crippen LogP contribution in [0, 0.1) is 0 Å². The Labute approximate surface area is 185 Å². The topological polar surface area (TPSA) is 70.9 Å². The fourth-order valence-corrected chi connectivity index (χ4v) is 3.25. The van der Waals surface area contributed by atoms with E-state index >= 15 is 0 Å². The molecular formula is C22H18Br2N2O3. The van der Waals surface area contributed by atoms with E-state index in [0.717, 1.165) is 20.1 Å². The average Bonchev–Trinajstić information content (AvgIpc) is 2.74. The van der Waals surface area contributed by atoms with Crippen LogP contribution in [0.5, 0.6) is 5.75 Å². The minimum atomic E-state index is -1.27. The highest BCUT2D eigenvalue weighted by Crippen LogP contribution is 2.26. The molecule has 0 spiro atoms. The lowest BCUT2D eigenvalue weighted by Gasteiger charge is -2.09. The number of benzene rings is 3. The van der Waals surface area contributed by atoms with Gasteiger partial charge in [0.15, 0.2) is 6.10 Å². The number of hydrogen-bond acceptors (Lipinski definition) is 4. The molecule has 2 N–H and O–H groups in total. The molecule has 0 saturated heterocycles. The molecule has 0 aliphatic rings. The summed E-state index contributed by atoms with van der Waals surface area (Å²) >= 11 is 6.89. The van der Waals surface area contributed by atoms with Gasteiger partial charge >= 0.3 is 0 Å². The van der Waals surface area contributed by atoms with Gasteiger partial charge in [-0.2, -0.15) is 5.10 Å². The van der Waals surface area contributed by atoms with E-state index in [1.807, 2.05) is 48.5 Å². The van der Waals surface area contributed by atoms with E-state index in [2.05, 4.69) is 42.4 Å². The third kappa shape index (κ3) is 6.25. The molecule has 0 heterocycles. The highest BCUT2D eigenvalue weighted by molar-refractivity contribution is 9.10. The van der Waals surface area contributed by atoms with E-state index in [-0.39, 0.29) is 0 Å². The number of hydrogen-bond donors (Lipinski definition) is 2. The van der Waals surface area contributed by atoms with Gasteiger partial charge < -0.3 is 9.84 Å². The zero-order valence-electron chi connectivity index (χ0n) is 15.3. The molecule has 0 aliphatic carbocycles. The number of nitrogens with zero attached hydrogens (tertiary/aromatic N) is 1. The molecule has 1 amide bonds. The Morgan fingerprint density at radius 3 is 2.48 bits per heavy atom. The summed E-state index contributed by atoms with van der Waals surface area (Å²) in [4.78, 5) is 12.0. The normalized spacial score (nSPS) is 12.0. The van der Waals surface area contributed by atoms with E-state index in [4.69, 9.17) is 4.74 Å². The highest BCUT2D eigenvalue weighted by Gasteiger charge is 2.15. The lowest BCUT2D eigenvalue weighted by molar-refractivity contribution is -0.129. The molecule has 3 aromatic carbocycles. The van der Waals surface area contributed by atoms with Crippen LogP contribution < -0.4 is 10.2 Å². The molecular weight excluding hydrogens is 500 g/mol. The summed E-state index contributed by atoms with van der Waals surface area (Å²) in [5.41, 5.74) is 4.68. The number of amides is 1. The van der Waals surface area contributed by atoms with Crippen molar-refractivity contribution in [2.75, 3.05) is 0 Å².